The fraction of sp³-hybridized carbons (Fsp3) is 0.929. The monoisotopic (exact) mass is 254 g/mol. The Hall–Kier alpha value is -0.610. The molecule has 1 aliphatic heterocycles. The first-order valence-electron chi connectivity index (χ1n) is 7.23. The summed E-state index contributed by atoms with van der Waals surface area (Å²) in [6.07, 6.45) is 7.32. The van der Waals surface area contributed by atoms with Crippen LogP contribution in [0.2, 0.25) is 0 Å². The third-order valence-electron chi connectivity index (χ3n) is 4.79. The third kappa shape index (κ3) is 3.04. The van der Waals surface area contributed by atoms with Crippen molar-refractivity contribution in [3.63, 3.8) is 0 Å². The Balaban J connectivity index is 1.78. The maximum atomic E-state index is 12.1. The molecule has 1 saturated heterocycles. The Morgan fingerprint density at radius 3 is 2.72 bits per heavy atom. The minimum Gasteiger partial charge on any atom is -0.380 e. The summed E-state index contributed by atoms with van der Waals surface area (Å²) in [7, 11) is 1.71. The molecular weight excluding hydrogens is 228 g/mol. The molecule has 1 heterocycles. The van der Waals surface area contributed by atoms with Gasteiger partial charge in [-0.25, -0.2) is 0 Å². The highest BCUT2D eigenvalue weighted by molar-refractivity contribution is 5.82. The molecule has 0 bridgehead atoms. The van der Waals surface area contributed by atoms with Crippen LogP contribution in [0.1, 0.15) is 45.4 Å². The maximum Gasteiger partial charge on any atom is 0.237 e. The van der Waals surface area contributed by atoms with E-state index in [1.54, 1.807) is 7.11 Å². The van der Waals surface area contributed by atoms with E-state index < -0.39 is 0 Å². The van der Waals surface area contributed by atoms with Gasteiger partial charge in [0.15, 0.2) is 0 Å². The average molecular weight is 254 g/mol. The number of hydrogen-bond donors (Lipinski definition) is 2. The topological polar surface area (TPSA) is 50.4 Å². The van der Waals surface area contributed by atoms with Gasteiger partial charge in [0, 0.05) is 20.2 Å². The second-order valence-electron chi connectivity index (χ2n) is 5.83. The van der Waals surface area contributed by atoms with E-state index in [-0.39, 0.29) is 18.1 Å². The minimum atomic E-state index is -0.0646. The van der Waals surface area contributed by atoms with Crippen LogP contribution in [0.4, 0.5) is 0 Å². The van der Waals surface area contributed by atoms with Gasteiger partial charge in [-0.1, -0.05) is 19.8 Å². The van der Waals surface area contributed by atoms with Crippen LogP contribution in [-0.4, -0.2) is 38.3 Å². The van der Waals surface area contributed by atoms with E-state index in [1.165, 1.54) is 32.1 Å². The molecule has 4 heteroatoms. The van der Waals surface area contributed by atoms with Crippen molar-refractivity contribution < 1.29 is 9.53 Å². The molecule has 2 unspecified atom stereocenters. The molecule has 0 aromatic rings. The van der Waals surface area contributed by atoms with Crippen LogP contribution in [0.5, 0.6) is 0 Å². The van der Waals surface area contributed by atoms with Gasteiger partial charge in [-0.15, -0.1) is 0 Å². The first kappa shape index (κ1) is 13.8. The first-order chi connectivity index (χ1) is 8.69. The normalized spacial score (nSPS) is 30.6. The number of nitrogens with one attached hydrogen (secondary N) is 2. The van der Waals surface area contributed by atoms with Crippen molar-refractivity contribution >= 4 is 5.91 Å². The summed E-state index contributed by atoms with van der Waals surface area (Å²) in [5.74, 6) is 0.147. The molecule has 0 aromatic carbocycles. The van der Waals surface area contributed by atoms with Gasteiger partial charge in [0.25, 0.3) is 0 Å². The molecule has 18 heavy (non-hydrogen) atoms. The van der Waals surface area contributed by atoms with Gasteiger partial charge in [0.2, 0.25) is 5.91 Å². The van der Waals surface area contributed by atoms with E-state index in [0.717, 1.165) is 19.5 Å². The second-order valence-corrected chi connectivity index (χ2v) is 5.83. The summed E-state index contributed by atoms with van der Waals surface area (Å²) in [6, 6.07) is -0.0646. The molecular formula is C14H26N2O2. The Kier molecular flexibility index (Phi) is 4.62. The summed E-state index contributed by atoms with van der Waals surface area (Å²) >= 11 is 0. The first-order valence-corrected chi connectivity index (χ1v) is 7.23. The van der Waals surface area contributed by atoms with Crippen molar-refractivity contribution in [1.82, 2.24) is 10.6 Å². The zero-order valence-corrected chi connectivity index (χ0v) is 11.6. The molecule has 0 radical (unpaired) electrons. The van der Waals surface area contributed by atoms with Gasteiger partial charge in [-0.2, -0.15) is 0 Å². The summed E-state index contributed by atoms with van der Waals surface area (Å²) < 4.78 is 5.27. The number of ether oxygens (including phenoxy) is 1. The SMILES string of the molecule is CCC1(CNC(=O)C2CC(OC)CN2)CCCC1. The standard InChI is InChI=1S/C14H26N2O2/c1-3-14(6-4-5-7-14)10-16-13(17)12-8-11(18-2)9-15-12/h11-12,15H,3-10H2,1-2H3,(H,16,17). The van der Waals surface area contributed by atoms with Crippen molar-refractivity contribution in [2.24, 2.45) is 5.41 Å². The van der Waals surface area contributed by atoms with Gasteiger partial charge in [-0.3, -0.25) is 4.79 Å². The molecule has 2 atom stereocenters. The lowest BCUT2D eigenvalue weighted by Crippen LogP contribution is -2.44. The van der Waals surface area contributed by atoms with Crippen LogP contribution in [0, 0.1) is 5.41 Å². The molecule has 2 N–H and O–H groups in total. The van der Waals surface area contributed by atoms with Crippen molar-refractivity contribution in [3.05, 3.63) is 0 Å². The minimum absolute atomic E-state index is 0.0646. The summed E-state index contributed by atoms with van der Waals surface area (Å²) in [5.41, 5.74) is 0.370. The van der Waals surface area contributed by atoms with Crippen molar-refractivity contribution in [2.45, 2.75) is 57.6 Å². The Morgan fingerprint density at radius 1 is 1.44 bits per heavy atom. The lowest BCUT2D eigenvalue weighted by molar-refractivity contribution is -0.123. The highest BCUT2D eigenvalue weighted by atomic mass is 16.5. The molecule has 1 aliphatic carbocycles. The maximum absolute atomic E-state index is 12.1. The largest absolute Gasteiger partial charge is 0.380 e. The molecule has 2 rings (SSSR count). The molecule has 1 saturated carbocycles. The highest BCUT2D eigenvalue weighted by Gasteiger charge is 2.34. The molecule has 1 amide bonds. The molecule has 0 aromatic heterocycles. The zero-order valence-electron chi connectivity index (χ0n) is 11.6. The average Bonchev–Trinajstić information content (AvgIpc) is 3.05. The van der Waals surface area contributed by atoms with E-state index in [4.69, 9.17) is 4.74 Å². The number of amides is 1. The number of carbonyl (C=O) groups excluding carboxylic acids is 1. The Bertz CT molecular complexity index is 288. The predicted molar refractivity (Wildman–Crippen MR) is 71.4 cm³/mol. The molecule has 2 aliphatic rings. The third-order valence-corrected chi connectivity index (χ3v) is 4.79. The number of rotatable bonds is 5. The van der Waals surface area contributed by atoms with E-state index in [0.29, 0.717) is 5.41 Å². The molecule has 104 valence electrons. The van der Waals surface area contributed by atoms with E-state index in [2.05, 4.69) is 17.6 Å². The van der Waals surface area contributed by atoms with Gasteiger partial charge < -0.3 is 15.4 Å². The summed E-state index contributed by atoms with van der Waals surface area (Å²) in [6.45, 7) is 3.87. The Morgan fingerprint density at radius 2 is 2.17 bits per heavy atom. The van der Waals surface area contributed by atoms with E-state index in [1.807, 2.05) is 0 Å². The number of carbonyl (C=O) groups is 1. The highest BCUT2D eigenvalue weighted by Crippen LogP contribution is 2.40. The quantitative estimate of drug-likeness (QED) is 0.781. The van der Waals surface area contributed by atoms with Gasteiger partial charge in [0.1, 0.15) is 0 Å². The fourth-order valence-electron chi connectivity index (χ4n) is 3.26. The number of methoxy groups -OCH3 is 1. The summed E-state index contributed by atoms with van der Waals surface area (Å²) in [5, 5.41) is 6.37. The van der Waals surface area contributed by atoms with E-state index >= 15 is 0 Å². The van der Waals surface area contributed by atoms with Crippen LogP contribution in [0.15, 0.2) is 0 Å². The zero-order chi connectivity index (χ0) is 13.0. The molecule has 0 spiro atoms. The van der Waals surface area contributed by atoms with E-state index in [9.17, 15) is 4.79 Å². The van der Waals surface area contributed by atoms with Crippen molar-refractivity contribution in [3.8, 4) is 0 Å². The molecule has 4 nitrogen and oxygen atoms in total. The van der Waals surface area contributed by atoms with Crippen molar-refractivity contribution in [1.29, 1.82) is 0 Å². The Labute approximate surface area is 110 Å². The van der Waals surface area contributed by atoms with Crippen LogP contribution in [-0.2, 0) is 9.53 Å². The van der Waals surface area contributed by atoms with Crippen LogP contribution >= 0.6 is 0 Å². The van der Waals surface area contributed by atoms with Gasteiger partial charge in [0.05, 0.1) is 12.1 Å². The lowest BCUT2D eigenvalue weighted by atomic mass is 9.83. The van der Waals surface area contributed by atoms with Gasteiger partial charge in [-0.05, 0) is 31.1 Å². The van der Waals surface area contributed by atoms with Crippen LogP contribution in [0.25, 0.3) is 0 Å². The molecule has 2 fully saturated rings. The van der Waals surface area contributed by atoms with Crippen molar-refractivity contribution in [2.75, 3.05) is 20.2 Å². The smallest absolute Gasteiger partial charge is 0.237 e. The summed E-state index contributed by atoms with van der Waals surface area (Å²) in [4.78, 5) is 12.1. The van der Waals surface area contributed by atoms with Gasteiger partial charge >= 0.3 is 0 Å². The fourth-order valence-corrected chi connectivity index (χ4v) is 3.26. The number of hydrogen-bond acceptors (Lipinski definition) is 3. The lowest BCUT2D eigenvalue weighted by Gasteiger charge is -2.28. The second kappa shape index (κ2) is 6.02. The van der Waals surface area contributed by atoms with Crippen LogP contribution < -0.4 is 10.6 Å². The van der Waals surface area contributed by atoms with Crippen LogP contribution in [0.3, 0.4) is 0 Å². The predicted octanol–water partition coefficient (Wildman–Crippen LogP) is 1.45.